The Morgan fingerprint density at radius 1 is 1.05 bits per heavy atom. The van der Waals surface area contributed by atoms with E-state index in [0.29, 0.717) is 43.5 Å². The molecule has 7 rings (SSSR count). The van der Waals surface area contributed by atoms with Gasteiger partial charge in [0.2, 0.25) is 0 Å². The zero-order chi connectivity index (χ0) is 29.1. The first kappa shape index (κ1) is 27.5. The number of alkyl halides is 3. The number of hydrogen-bond acceptors (Lipinski definition) is 7. The van der Waals surface area contributed by atoms with Gasteiger partial charge in [0.1, 0.15) is 12.2 Å². The maximum atomic E-state index is 14.3. The van der Waals surface area contributed by atoms with Gasteiger partial charge in [-0.15, -0.1) is 10.2 Å². The molecule has 5 heterocycles. The number of anilines is 1. The molecule has 0 N–H and O–H groups in total. The van der Waals surface area contributed by atoms with E-state index in [9.17, 15) is 18.0 Å². The van der Waals surface area contributed by atoms with E-state index >= 15 is 0 Å². The molecule has 0 radical (unpaired) electrons. The smallest absolute Gasteiger partial charge is 0.379 e. The number of aryl methyl sites for hydroxylation is 1. The van der Waals surface area contributed by atoms with Crippen molar-refractivity contribution in [2.45, 2.75) is 37.1 Å². The Morgan fingerprint density at radius 3 is 2.45 bits per heavy atom. The van der Waals surface area contributed by atoms with Crippen LogP contribution in [0.2, 0.25) is 0 Å². The van der Waals surface area contributed by atoms with E-state index in [0.717, 1.165) is 50.8 Å². The summed E-state index contributed by atoms with van der Waals surface area (Å²) in [6, 6.07) is 10.9. The van der Waals surface area contributed by atoms with Gasteiger partial charge in [-0.05, 0) is 41.0 Å². The van der Waals surface area contributed by atoms with E-state index in [4.69, 9.17) is 9.47 Å². The Hall–Kier alpha value is -3.32. The highest BCUT2D eigenvalue weighted by Crippen LogP contribution is 2.42. The third-order valence-electron chi connectivity index (χ3n) is 9.19. The Balaban J connectivity index is 1.13. The van der Waals surface area contributed by atoms with Crippen LogP contribution in [0, 0.1) is 0 Å². The normalized spacial score (nSPS) is 21.3. The molecular weight excluding hydrogens is 549 g/mol. The van der Waals surface area contributed by atoms with Crippen LogP contribution in [0.15, 0.2) is 42.7 Å². The van der Waals surface area contributed by atoms with Crippen LogP contribution in [-0.4, -0.2) is 89.1 Å². The molecule has 42 heavy (non-hydrogen) atoms. The van der Waals surface area contributed by atoms with E-state index in [-0.39, 0.29) is 23.1 Å². The van der Waals surface area contributed by atoms with Crippen LogP contribution < -0.4 is 4.90 Å². The minimum absolute atomic E-state index is 0.0391. The number of fused-ring (bicyclic) bond motifs is 1. The monoisotopic (exact) mass is 582 g/mol. The Labute approximate surface area is 241 Å². The maximum Gasteiger partial charge on any atom is 0.416 e. The van der Waals surface area contributed by atoms with Gasteiger partial charge in [-0.3, -0.25) is 14.6 Å². The standard InChI is InChI=1S/C30H33F3N6O3/c1-36-19-34-35-27(36)12-29(17-42-18-29)21-3-2-4-22(11-21)39-14-25-24(28(39)40)9-20(10-26(25)30(31,32)33)13-37-5-7-38(8-6-37)23-15-41-16-23/h2-4,9-11,19,23H,5-8,12-18H2,1H3. The molecule has 0 unspecified atom stereocenters. The summed E-state index contributed by atoms with van der Waals surface area (Å²) in [7, 11) is 1.89. The van der Waals surface area contributed by atoms with Crippen LogP contribution in [0.5, 0.6) is 0 Å². The summed E-state index contributed by atoms with van der Waals surface area (Å²) in [5, 5.41) is 8.20. The first-order valence-corrected chi connectivity index (χ1v) is 14.3. The van der Waals surface area contributed by atoms with Gasteiger partial charge in [0.25, 0.3) is 5.91 Å². The molecule has 0 spiro atoms. The number of rotatable bonds is 7. The number of halogens is 3. The minimum Gasteiger partial charge on any atom is -0.379 e. The second-order valence-corrected chi connectivity index (χ2v) is 11.9. The second kappa shape index (κ2) is 10.4. The van der Waals surface area contributed by atoms with Gasteiger partial charge in [0.15, 0.2) is 0 Å². The summed E-state index contributed by atoms with van der Waals surface area (Å²) in [5.41, 5.74) is 1.16. The fourth-order valence-electron chi connectivity index (χ4n) is 6.49. The van der Waals surface area contributed by atoms with E-state index in [1.807, 2.05) is 29.8 Å². The van der Waals surface area contributed by atoms with E-state index in [1.165, 1.54) is 11.0 Å². The Morgan fingerprint density at radius 2 is 1.83 bits per heavy atom. The largest absolute Gasteiger partial charge is 0.416 e. The second-order valence-electron chi connectivity index (χ2n) is 11.9. The van der Waals surface area contributed by atoms with Crippen molar-refractivity contribution in [1.29, 1.82) is 0 Å². The predicted molar refractivity (Wildman–Crippen MR) is 147 cm³/mol. The van der Waals surface area contributed by atoms with E-state index in [2.05, 4.69) is 20.0 Å². The van der Waals surface area contributed by atoms with Gasteiger partial charge < -0.3 is 18.9 Å². The average Bonchev–Trinajstić information content (AvgIpc) is 3.47. The highest BCUT2D eigenvalue weighted by atomic mass is 19.4. The van der Waals surface area contributed by atoms with Gasteiger partial charge in [-0.2, -0.15) is 13.2 Å². The van der Waals surface area contributed by atoms with Gasteiger partial charge in [0, 0.05) is 62.9 Å². The molecular formula is C30H33F3N6O3. The van der Waals surface area contributed by atoms with Crippen molar-refractivity contribution in [3.8, 4) is 0 Å². The number of ether oxygens (including phenoxy) is 2. The van der Waals surface area contributed by atoms with Crippen molar-refractivity contribution in [1.82, 2.24) is 24.6 Å². The number of hydrogen-bond donors (Lipinski definition) is 0. The highest BCUT2D eigenvalue weighted by molar-refractivity contribution is 6.10. The molecule has 1 aromatic heterocycles. The lowest BCUT2D eigenvalue weighted by Crippen LogP contribution is -2.56. The van der Waals surface area contributed by atoms with Crippen LogP contribution >= 0.6 is 0 Å². The highest BCUT2D eigenvalue weighted by Gasteiger charge is 2.44. The van der Waals surface area contributed by atoms with Crippen molar-refractivity contribution in [2.75, 3.05) is 57.5 Å². The summed E-state index contributed by atoms with van der Waals surface area (Å²) >= 11 is 0. The summed E-state index contributed by atoms with van der Waals surface area (Å²) in [6.45, 7) is 5.97. The topological polar surface area (TPSA) is 76.0 Å². The first-order valence-electron chi connectivity index (χ1n) is 14.3. The molecule has 4 aliphatic heterocycles. The fraction of sp³-hybridized carbons (Fsp3) is 0.500. The van der Waals surface area contributed by atoms with Crippen LogP contribution in [0.25, 0.3) is 0 Å². The van der Waals surface area contributed by atoms with E-state index < -0.39 is 17.6 Å². The van der Waals surface area contributed by atoms with Crippen molar-refractivity contribution < 1.29 is 27.4 Å². The molecule has 0 bridgehead atoms. The van der Waals surface area contributed by atoms with Crippen molar-refractivity contribution in [2.24, 2.45) is 7.05 Å². The molecule has 222 valence electrons. The number of nitrogens with zero attached hydrogens (tertiary/aromatic N) is 6. The maximum absolute atomic E-state index is 14.3. The molecule has 0 saturated carbocycles. The third kappa shape index (κ3) is 4.89. The van der Waals surface area contributed by atoms with Gasteiger partial charge >= 0.3 is 6.18 Å². The molecule has 1 amide bonds. The average molecular weight is 583 g/mol. The SMILES string of the molecule is Cn1cnnc1CC1(c2cccc(N3Cc4c(cc(CN5CCN(C6COC6)CC5)cc4C(F)(F)F)C3=O)c2)COC1. The Kier molecular flexibility index (Phi) is 6.84. The van der Waals surface area contributed by atoms with Crippen LogP contribution in [-0.2, 0) is 47.6 Å². The molecule has 4 aliphatic rings. The summed E-state index contributed by atoms with van der Waals surface area (Å²) in [6.07, 6.45) is -2.31. The van der Waals surface area contributed by atoms with Crippen molar-refractivity contribution >= 4 is 11.6 Å². The third-order valence-corrected chi connectivity index (χ3v) is 9.19. The molecule has 3 fully saturated rings. The lowest BCUT2D eigenvalue weighted by atomic mass is 9.75. The zero-order valence-electron chi connectivity index (χ0n) is 23.4. The predicted octanol–water partition coefficient (Wildman–Crippen LogP) is 3.02. The van der Waals surface area contributed by atoms with Crippen LogP contribution in [0.3, 0.4) is 0 Å². The molecule has 9 nitrogen and oxygen atoms in total. The van der Waals surface area contributed by atoms with Crippen LogP contribution in [0.4, 0.5) is 18.9 Å². The van der Waals surface area contributed by atoms with E-state index in [1.54, 1.807) is 18.5 Å². The number of carbonyl (C=O) groups excluding carboxylic acids is 1. The fourth-order valence-corrected chi connectivity index (χ4v) is 6.49. The zero-order valence-corrected chi connectivity index (χ0v) is 23.4. The van der Waals surface area contributed by atoms with Crippen molar-refractivity contribution in [3.05, 3.63) is 76.4 Å². The first-order chi connectivity index (χ1) is 20.2. The molecule has 12 heteroatoms. The quantitative estimate of drug-likeness (QED) is 0.424. The van der Waals surface area contributed by atoms with Crippen LogP contribution in [0.1, 0.15) is 38.4 Å². The number of piperazine rings is 1. The number of benzene rings is 2. The molecule has 2 aromatic carbocycles. The summed E-state index contributed by atoms with van der Waals surface area (Å²) in [5.74, 6) is 0.408. The number of aromatic nitrogens is 3. The van der Waals surface area contributed by atoms with Crippen molar-refractivity contribution in [3.63, 3.8) is 0 Å². The lowest BCUT2D eigenvalue weighted by Gasteiger charge is -2.42. The molecule has 0 atom stereocenters. The molecule has 0 aliphatic carbocycles. The number of carbonyl (C=O) groups is 1. The molecule has 3 aromatic rings. The van der Waals surface area contributed by atoms with Gasteiger partial charge in [-0.25, -0.2) is 0 Å². The van der Waals surface area contributed by atoms with Gasteiger partial charge in [0.05, 0.1) is 44.6 Å². The summed E-state index contributed by atoms with van der Waals surface area (Å²) in [4.78, 5) is 19.7. The Bertz CT molecular complexity index is 1490. The summed E-state index contributed by atoms with van der Waals surface area (Å²) < 4.78 is 55.8. The lowest BCUT2D eigenvalue weighted by molar-refractivity contribution is -0.138. The number of amides is 1. The van der Waals surface area contributed by atoms with Gasteiger partial charge in [-0.1, -0.05) is 12.1 Å². The minimum atomic E-state index is -4.56. The molecule has 3 saturated heterocycles.